The molecule has 0 saturated carbocycles. The van der Waals surface area contributed by atoms with Crippen LogP contribution in [0.5, 0.6) is 0 Å². The average molecular weight is 409 g/mol. The normalized spacial score (nSPS) is 15.9. The van der Waals surface area contributed by atoms with Crippen LogP contribution in [-0.2, 0) is 0 Å². The maximum atomic E-state index is 12.8. The van der Waals surface area contributed by atoms with Gasteiger partial charge in [0.05, 0.1) is 29.4 Å². The third-order valence-electron chi connectivity index (χ3n) is 4.92. The Morgan fingerprint density at radius 2 is 1.97 bits per heavy atom. The lowest BCUT2D eigenvalue weighted by Crippen LogP contribution is -2.51. The first-order chi connectivity index (χ1) is 13.7. The Balaban J connectivity index is 1.52. The Labute approximate surface area is 162 Å². The number of piperazine rings is 1. The zero-order valence-corrected chi connectivity index (χ0v) is 15.5. The summed E-state index contributed by atoms with van der Waals surface area (Å²) in [5, 5.41) is 4.57. The minimum absolute atomic E-state index is 0.150. The highest BCUT2D eigenvalue weighted by Gasteiger charge is 2.33. The van der Waals surface area contributed by atoms with Gasteiger partial charge in [0.2, 0.25) is 5.95 Å². The molecular formula is C17H18F3N7O2. The minimum atomic E-state index is -4.26. The molecule has 1 amide bonds. The second kappa shape index (κ2) is 7.03. The number of aromatic nitrogens is 5. The van der Waals surface area contributed by atoms with Gasteiger partial charge in [0.15, 0.2) is 0 Å². The number of aromatic amines is 2. The van der Waals surface area contributed by atoms with Crippen molar-refractivity contribution in [2.75, 3.05) is 32.7 Å². The number of carbonyl (C=O) groups excluding carboxylic acids is 1. The molecule has 29 heavy (non-hydrogen) atoms. The van der Waals surface area contributed by atoms with E-state index in [1.54, 1.807) is 19.2 Å². The second-order valence-electron chi connectivity index (χ2n) is 6.87. The van der Waals surface area contributed by atoms with Gasteiger partial charge in [-0.3, -0.25) is 19.5 Å². The zero-order chi connectivity index (χ0) is 20.8. The lowest BCUT2D eigenvalue weighted by atomic mass is 10.2. The molecule has 12 heteroatoms. The number of hydrogen-bond donors (Lipinski definition) is 2. The number of carbonyl (C=O) groups is 1. The number of hydrogen-bond acceptors (Lipinski definition) is 5. The van der Waals surface area contributed by atoms with E-state index >= 15 is 0 Å². The highest BCUT2D eigenvalue weighted by molar-refractivity contribution is 5.95. The molecule has 1 fully saturated rings. The zero-order valence-electron chi connectivity index (χ0n) is 15.5. The molecule has 2 N–H and O–H groups in total. The Kier molecular flexibility index (Phi) is 4.65. The first-order valence-electron chi connectivity index (χ1n) is 8.94. The van der Waals surface area contributed by atoms with Crippen molar-refractivity contribution in [2.45, 2.75) is 13.1 Å². The maximum absolute atomic E-state index is 12.8. The molecule has 0 spiro atoms. The molecule has 1 aliphatic rings. The summed E-state index contributed by atoms with van der Waals surface area (Å²) in [6, 6.07) is 1.61. The van der Waals surface area contributed by atoms with Crippen LogP contribution in [0.4, 0.5) is 13.2 Å². The van der Waals surface area contributed by atoms with Crippen LogP contribution in [0.1, 0.15) is 16.1 Å². The Bertz CT molecular complexity index is 1110. The first-order valence-corrected chi connectivity index (χ1v) is 8.94. The molecule has 4 heterocycles. The summed E-state index contributed by atoms with van der Waals surface area (Å²) in [6.07, 6.45) is -1.28. The number of halogens is 3. The van der Waals surface area contributed by atoms with Gasteiger partial charge in [0.25, 0.3) is 11.5 Å². The van der Waals surface area contributed by atoms with Crippen molar-refractivity contribution in [3.8, 4) is 5.95 Å². The summed E-state index contributed by atoms with van der Waals surface area (Å²) in [5.74, 6) is -0.153. The fraction of sp³-hybridized carbons (Fsp3) is 0.412. The van der Waals surface area contributed by atoms with E-state index in [1.807, 2.05) is 0 Å². The lowest BCUT2D eigenvalue weighted by Gasteiger charge is -2.34. The predicted octanol–water partition coefficient (Wildman–Crippen LogP) is 1.07. The summed E-state index contributed by atoms with van der Waals surface area (Å²) in [7, 11) is 0. The van der Waals surface area contributed by atoms with E-state index in [9.17, 15) is 22.8 Å². The molecule has 1 aliphatic heterocycles. The van der Waals surface area contributed by atoms with Crippen LogP contribution in [-0.4, -0.2) is 79.3 Å². The van der Waals surface area contributed by atoms with Crippen molar-refractivity contribution < 1.29 is 18.0 Å². The smallest absolute Gasteiger partial charge is 0.346 e. The van der Waals surface area contributed by atoms with E-state index in [1.165, 1.54) is 20.7 Å². The van der Waals surface area contributed by atoms with E-state index in [0.29, 0.717) is 22.3 Å². The van der Waals surface area contributed by atoms with Crippen LogP contribution in [0.15, 0.2) is 23.3 Å². The molecule has 3 aromatic rings. The van der Waals surface area contributed by atoms with Gasteiger partial charge < -0.3 is 9.88 Å². The molecule has 0 unspecified atom stereocenters. The standard InChI is InChI=1S/C17H18F3N7O2/c1-10-12(15(29)26-6-4-25(5-7-26)9-17(18,19)20)8-22-27(10)16-23-13-11(2-3-21-13)14(28)24-16/h2-3,8H,4-7,9H2,1H3,(H2,21,23,24,28). The number of nitrogens with zero attached hydrogens (tertiary/aromatic N) is 5. The molecule has 0 aromatic carbocycles. The van der Waals surface area contributed by atoms with E-state index in [2.05, 4.69) is 20.1 Å². The highest BCUT2D eigenvalue weighted by Crippen LogP contribution is 2.19. The van der Waals surface area contributed by atoms with Gasteiger partial charge in [-0.1, -0.05) is 0 Å². The molecule has 9 nitrogen and oxygen atoms in total. The third kappa shape index (κ3) is 3.75. The first kappa shape index (κ1) is 19.2. The monoisotopic (exact) mass is 409 g/mol. The van der Waals surface area contributed by atoms with Crippen LogP contribution >= 0.6 is 0 Å². The lowest BCUT2D eigenvalue weighted by molar-refractivity contribution is -0.148. The van der Waals surface area contributed by atoms with Gasteiger partial charge >= 0.3 is 6.18 Å². The summed E-state index contributed by atoms with van der Waals surface area (Å²) in [6.45, 7) is 1.38. The van der Waals surface area contributed by atoms with Gasteiger partial charge in [-0.25, -0.2) is 4.68 Å². The Morgan fingerprint density at radius 1 is 1.24 bits per heavy atom. The topological polar surface area (TPSA) is 103 Å². The minimum Gasteiger partial charge on any atom is -0.346 e. The van der Waals surface area contributed by atoms with Crippen LogP contribution in [0.2, 0.25) is 0 Å². The van der Waals surface area contributed by atoms with Crippen LogP contribution in [0.3, 0.4) is 0 Å². The summed E-state index contributed by atoms with van der Waals surface area (Å²) in [5.41, 5.74) is 0.840. The fourth-order valence-corrected chi connectivity index (χ4v) is 3.41. The van der Waals surface area contributed by atoms with Gasteiger partial charge in [0, 0.05) is 32.4 Å². The number of alkyl halides is 3. The van der Waals surface area contributed by atoms with Gasteiger partial charge in [-0.2, -0.15) is 23.3 Å². The van der Waals surface area contributed by atoms with Gasteiger partial charge in [-0.15, -0.1) is 0 Å². The van der Waals surface area contributed by atoms with Crippen molar-refractivity contribution in [2.24, 2.45) is 0 Å². The van der Waals surface area contributed by atoms with Crippen molar-refractivity contribution in [1.29, 1.82) is 0 Å². The predicted molar refractivity (Wildman–Crippen MR) is 97.0 cm³/mol. The molecule has 0 radical (unpaired) electrons. The van der Waals surface area contributed by atoms with Crippen molar-refractivity contribution in [1.82, 2.24) is 34.5 Å². The molecule has 0 atom stereocenters. The van der Waals surface area contributed by atoms with E-state index < -0.39 is 12.7 Å². The summed E-state index contributed by atoms with van der Waals surface area (Å²) < 4.78 is 38.9. The van der Waals surface area contributed by atoms with Crippen molar-refractivity contribution in [3.63, 3.8) is 0 Å². The second-order valence-corrected chi connectivity index (χ2v) is 6.87. The molecular weight excluding hydrogens is 391 g/mol. The van der Waals surface area contributed by atoms with Crippen LogP contribution < -0.4 is 5.56 Å². The van der Waals surface area contributed by atoms with Crippen LogP contribution in [0.25, 0.3) is 17.0 Å². The number of amides is 1. The summed E-state index contributed by atoms with van der Waals surface area (Å²) in [4.78, 5) is 37.6. The van der Waals surface area contributed by atoms with Crippen LogP contribution in [0, 0.1) is 6.92 Å². The third-order valence-corrected chi connectivity index (χ3v) is 4.92. The Morgan fingerprint density at radius 3 is 2.66 bits per heavy atom. The van der Waals surface area contributed by atoms with E-state index in [4.69, 9.17) is 0 Å². The largest absolute Gasteiger partial charge is 0.401 e. The number of nitrogens with one attached hydrogen (secondary N) is 2. The van der Waals surface area contributed by atoms with Crippen molar-refractivity contribution >= 4 is 16.9 Å². The van der Waals surface area contributed by atoms with Gasteiger partial charge in [0.1, 0.15) is 5.65 Å². The molecule has 4 rings (SSSR count). The quantitative estimate of drug-likeness (QED) is 0.674. The van der Waals surface area contributed by atoms with E-state index in [-0.39, 0.29) is 43.6 Å². The van der Waals surface area contributed by atoms with E-state index in [0.717, 1.165) is 0 Å². The molecule has 0 aliphatic carbocycles. The number of rotatable bonds is 3. The maximum Gasteiger partial charge on any atom is 0.401 e. The number of fused-ring (bicyclic) bond motifs is 1. The summed E-state index contributed by atoms with van der Waals surface area (Å²) >= 11 is 0. The van der Waals surface area contributed by atoms with Gasteiger partial charge in [-0.05, 0) is 13.0 Å². The number of H-pyrrole nitrogens is 2. The highest BCUT2D eigenvalue weighted by atomic mass is 19.4. The fourth-order valence-electron chi connectivity index (χ4n) is 3.41. The SMILES string of the molecule is Cc1c(C(=O)N2CCN(CC(F)(F)F)CC2)cnn1-c1nc2[nH]ccc2c(=O)[nH]1. The molecule has 0 bridgehead atoms. The Hall–Kier alpha value is -3.15. The molecule has 1 saturated heterocycles. The molecule has 3 aromatic heterocycles. The molecule has 154 valence electrons. The average Bonchev–Trinajstić information content (AvgIpc) is 3.27. The van der Waals surface area contributed by atoms with Crippen molar-refractivity contribution in [3.05, 3.63) is 40.1 Å².